The second-order valence-electron chi connectivity index (χ2n) is 5.02. The molecule has 0 unspecified atom stereocenters. The Balaban J connectivity index is 2.06. The molecule has 0 saturated heterocycles. The molecule has 2 N–H and O–H groups in total. The van der Waals surface area contributed by atoms with Gasteiger partial charge in [-0.05, 0) is 18.6 Å². The van der Waals surface area contributed by atoms with Crippen molar-refractivity contribution in [2.45, 2.75) is 32.2 Å². The van der Waals surface area contributed by atoms with Crippen LogP contribution in [-0.2, 0) is 4.79 Å². The highest BCUT2D eigenvalue weighted by atomic mass is 16.4. The Kier molecular flexibility index (Phi) is 5.30. The minimum Gasteiger partial charge on any atom is -0.480 e. The second kappa shape index (κ2) is 7.40. The predicted molar refractivity (Wildman–Crippen MR) is 82.0 cm³/mol. The van der Waals surface area contributed by atoms with E-state index in [4.69, 9.17) is 5.11 Å². The lowest BCUT2D eigenvalue weighted by atomic mass is 10.1. The molecule has 1 aromatic carbocycles. The van der Waals surface area contributed by atoms with Gasteiger partial charge in [0, 0.05) is 6.20 Å². The number of amides is 1. The Labute approximate surface area is 128 Å². The van der Waals surface area contributed by atoms with Gasteiger partial charge in [-0.2, -0.15) is 5.10 Å². The fourth-order valence-corrected chi connectivity index (χ4v) is 2.07. The molecule has 6 nitrogen and oxygen atoms in total. The highest BCUT2D eigenvalue weighted by molar-refractivity contribution is 5.96. The molecule has 0 bridgehead atoms. The third kappa shape index (κ3) is 3.94. The van der Waals surface area contributed by atoms with Crippen molar-refractivity contribution >= 4 is 11.9 Å². The highest BCUT2D eigenvalue weighted by Crippen LogP contribution is 2.08. The van der Waals surface area contributed by atoms with Gasteiger partial charge in [0.2, 0.25) is 0 Å². The average molecular weight is 301 g/mol. The fraction of sp³-hybridized carbons (Fsp3) is 0.312. The molecule has 1 heterocycles. The van der Waals surface area contributed by atoms with Gasteiger partial charge in [-0.1, -0.05) is 38.0 Å². The molecule has 1 amide bonds. The Bertz CT molecular complexity index is 637. The number of unbranched alkanes of at least 4 members (excludes halogenated alkanes) is 1. The third-order valence-corrected chi connectivity index (χ3v) is 3.32. The number of carboxylic acids is 1. The summed E-state index contributed by atoms with van der Waals surface area (Å²) in [6, 6.07) is 8.52. The molecule has 0 aliphatic rings. The van der Waals surface area contributed by atoms with Gasteiger partial charge in [0.15, 0.2) is 0 Å². The topological polar surface area (TPSA) is 84.2 Å². The van der Waals surface area contributed by atoms with Crippen molar-refractivity contribution in [1.29, 1.82) is 0 Å². The molecule has 0 aliphatic carbocycles. The summed E-state index contributed by atoms with van der Waals surface area (Å²) in [5, 5.41) is 15.8. The number of benzene rings is 1. The summed E-state index contributed by atoms with van der Waals surface area (Å²) < 4.78 is 1.58. The number of nitrogens with one attached hydrogen (secondary N) is 1. The van der Waals surface area contributed by atoms with Gasteiger partial charge < -0.3 is 10.4 Å². The Hall–Kier alpha value is -2.63. The summed E-state index contributed by atoms with van der Waals surface area (Å²) in [6.07, 6.45) is 5.07. The zero-order valence-electron chi connectivity index (χ0n) is 12.4. The van der Waals surface area contributed by atoms with Crippen molar-refractivity contribution in [2.75, 3.05) is 0 Å². The maximum atomic E-state index is 12.1. The Morgan fingerprint density at radius 3 is 2.68 bits per heavy atom. The van der Waals surface area contributed by atoms with Gasteiger partial charge in [0.05, 0.1) is 17.4 Å². The maximum absolute atomic E-state index is 12.1. The van der Waals surface area contributed by atoms with E-state index < -0.39 is 17.9 Å². The number of nitrogens with zero attached hydrogens (tertiary/aromatic N) is 2. The lowest BCUT2D eigenvalue weighted by Gasteiger charge is -2.13. The first-order chi connectivity index (χ1) is 10.6. The summed E-state index contributed by atoms with van der Waals surface area (Å²) in [5.74, 6) is -1.44. The summed E-state index contributed by atoms with van der Waals surface area (Å²) >= 11 is 0. The molecule has 0 fully saturated rings. The van der Waals surface area contributed by atoms with Crippen LogP contribution in [0.15, 0.2) is 42.7 Å². The number of aliphatic carboxylic acids is 1. The van der Waals surface area contributed by atoms with Crippen molar-refractivity contribution in [1.82, 2.24) is 15.1 Å². The van der Waals surface area contributed by atoms with Crippen LogP contribution in [0.5, 0.6) is 0 Å². The smallest absolute Gasteiger partial charge is 0.326 e. The predicted octanol–water partition coefficient (Wildman–Crippen LogP) is 2.25. The van der Waals surface area contributed by atoms with E-state index in [1.54, 1.807) is 10.9 Å². The van der Waals surface area contributed by atoms with Crippen molar-refractivity contribution in [3.05, 3.63) is 48.3 Å². The summed E-state index contributed by atoms with van der Waals surface area (Å²) in [7, 11) is 0. The van der Waals surface area contributed by atoms with E-state index in [1.807, 2.05) is 37.3 Å². The fourth-order valence-electron chi connectivity index (χ4n) is 2.07. The van der Waals surface area contributed by atoms with E-state index in [0.717, 1.165) is 18.5 Å². The average Bonchev–Trinajstić information content (AvgIpc) is 3.02. The minimum atomic E-state index is -1.02. The van der Waals surface area contributed by atoms with Crippen molar-refractivity contribution in [3.63, 3.8) is 0 Å². The number of carboxylic acid groups (broad SMARTS) is 1. The molecule has 2 aromatic rings. The molecule has 1 atom stereocenters. The Morgan fingerprint density at radius 2 is 2.05 bits per heavy atom. The number of hydrogen-bond donors (Lipinski definition) is 2. The largest absolute Gasteiger partial charge is 0.480 e. The number of carbonyl (C=O) groups excluding carboxylic acids is 1. The normalized spacial score (nSPS) is 11.9. The molecule has 1 aromatic heterocycles. The monoisotopic (exact) mass is 301 g/mol. The lowest BCUT2D eigenvalue weighted by molar-refractivity contribution is -0.139. The summed E-state index contributed by atoms with van der Waals surface area (Å²) in [4.78, 5) is 23.3. The van der Waals surface area contributed by atoms with Gasteiger partial charge in [-0.3, -0.25) is 4.79 Å². The first kappa shape index (κ1) is 15.8. The number of rotatable bonds is 7. The van der Waals surface area contributed by atoms with Gasteiger partial charge in [0.1, 0.15) is 6.04 Å². The van der Waals surface area contributed by atoms with E-state index in [-0.39, 0.29) is 0 Å². The number of carbonyl (C=O) groups is 2. The van der Waals surface area contributed by atoms with E-state index in [9.17, 15) is 9.59 Å². The molecule has 6 heteroatoms. The van der Waals surface area contributed by atoms with Crippen LogP contribution in [0.1, 0.15) is 36.5 Å². The van der Waals surface area contributed by atoms with Crippen LogP contribution in [0.4, 0.5) is 0 Å². The maximum Gasteiger partial charge on any atom is 0.326 e. The van der Waals surface area contributed by atoms with Gasteiger partial charge in [-0.15, -0.1) is 0 Å². The van der Waals surface area contributed by atoms with Gasteiger partial charge in [0.25, 0.3) is 5.91 Å². The molecule has 0 radical (unpaired) electrons. The minimum absolute atomic E-state index is 0.339. The van der Waals surface area contributed by atoms with Crippen molar-refractivity contribution in [3.8, 4) is 5.69 Å². The van der Waals surface area contributed by atoms with E-state index in [2.05, 4.69) is 10.4 Å². The first-order valence-corrected chi connectivity index (χ1v) is 7.25. The van der Waals surface area contributed by atoms with Crippen LogP contribution < -0.4 is 5.32 Å². The SMILES string of the molecule is CCCC[C@H](NC(=O)c1cnn(-c2ccccc2)c1)C(=O)O. The summed E-state index contributed by atoms with van der Waals surface area (Å²) in [5.41, 5.74) is 1.17. The van der Waals surface area contributed by atoms with Crippen LogP contribution in [0.3, 0.4) is 0 Å². The van der Waals surface area contributed by atoms with E-state index in [0.29, 0.717) is 12.0 Å². The van der Waals surface area contributed by atoms with Crippen molar-refractivity contribution in [2.24, 2.45) is 0 Å². The van der Waals surface area contributed by atoms with Crippen LogP contribution in [-0.4, -0.2) is 32.8 Å². The summed E-state index contributed by atoms with van der Waals surface area (Å²) in [6.45, 7) is 1.98. The molecule has 116 valence electrons. The number of para-hydroxylation sites is 1. The second-order valence-corrected chi connectivity index (χ2v) is 5.02. The molecule has 0 saturated carbocycles. The highest BCUT2D eigenvalue weighted by Gasteiger charge is 2.20. The molecular formula is C16H19N3O3. The van der Waals surface area contributed by atoms with Gasteiger partial charge >= 0.3 is 5.97 Å². The van der Waals surface area contributed by atoms with Crippen LogP contribution in [0, 0.1) is 0 Å². The molecule has 2 rings (SSSR count). The molecule has 0 aliphatic heterocycles. The number of aromatic nitrogens is 2. The quantitative estimate of drug-likeness (QED) is 0.821. The van der Waals surface area contributed by atoms with E-state index in [1.165, 1.54) is 6.20 Å². The zero-order chi connectivity index (χ0) is 15.9. The standard InChI is InChI=1S/C16H19N3O3/c1-2-3-9-14(16(21)22)18-15(20)12-10-17-19(11-12)13-7-5-4-6-8-13/h4-8,10-11,14H,2-3,9H2,1H3,(H,18,20)(H,21,22)/t14-/m0/s1. The zero-order valence-corrected chi connectivity index (χ0v) is 12.4. The number of hydrogen-bond acceptors (Lipinski definition) is 3. The molecule has 0 spiro atoms. The third-order valence-electron chi connectivity index (χ3n) is 3.32. The van der Waals surface area contributed by atoms with Crippen molar-refractivity contribution < 1.29 is 14.7 Å². The van der Waals surface area contributed by atoms with Crippen LogP contribution >= 0.6 is 0 Å². The van der Waals surface area contributed by atoms with Crippen LogP contribution in [0.25, 0.3) is 5.69 Å². The Morgan fingerprint density at radius 1 is 1.32 bits per heavy atom. The van der Waals surface area contributed by atoms with E-state index >= 15 is 0 Å². The molecule has 22 heavy (non-hydrogen) atoms. The first-order valence-electron chi connectivity index (χ1n) is 7.25. The van der Waals surface area contributed by atoms with Crippen LogP contribution in [0.2, 0.25) is 0 Å². The molecular weight excluding hydrogens is 282 g/mol. The lowest BCUT2D eigenvalue weighted by Crippen LogP contribution is -2.40. The van der Waals surface area contributed by atoms with Gasteiger partial charge in [-0.25, -0.2) is 9.48 Å².